The molecule has 1 aliphatic heterocycles. The first-order chi connectivity index (χ1) is 12.0. The molecule has 0 saturated carbocycles. The van der Waals surface area contributed by atoms with E-state index in [4.69, 9.17) is 15.2 Å². The van der Waals surface area contributed by atoms with E-state index in [9.17, 15) is 4.79 Å². The predicted molar refractivity (Wildman–Crippen MR) is 102 cm³/mol. The summed E-state index contributed by atoms with van der Waals surface area (Å²) in [5.41, 5.74) is 7.11. The van der Waals surface area contributed by atoms with Crippen molar-refractivity contribution in [3.05, 3.63) is 53.9 Å². The average molecular weight is 377 g/mol. The summed E-state index contributed by atoms with van der Waals surface area (Å²) in [5.74, 6) is 0.762. The van der Waals surface area contributed by atoms with E-state index in [1.54, 1.807) is 19.2 Å². The highest BCUT2D eigenvalue weighted by atomic mass is 35.5. The van der Waals surface area contributed by atoms with Crippen molar-refractivity contribution in [2.75, 3.05) is 25.6 Å². The fourth-order valence-electron chi connectivity index (χ4n) is 2.65. The number of hydrogen-bond acceptors (Lipinski definition) is 6. The highest BCUT2D eigenvalue weighted by Crippen LogP contribution is 2.30. The Balaban J connectivity index is 0.00000243. The SMILES string of the molecule is COc1ccc(C(=O)Nc2cccc([C@]3(C)COCC(N)=N3)c2)nc1.Cl. The number of amidine groups is 1. The molecule has 3 N–H and O–H groups in total. The van der Waals surface area contributed by atoms with Crippen molar-refractivity contribution in [1.82, 2.24) is 4.98 Å². The Bertz CT molecular complexity index is 810. The van der Waals surface area contributed by atoms with Crippen LogP contribution in [0.15, 0.2) is 47.6 Å². The lowest BCUT2D eigenvalue weighted by Crippen LogP contribution is -2.37. The molecule has 0 radical (unpaired) electrons. The van der Waals surface area contributed by atoms with E-state index in [-0.39, 0.29) is 18.3 Å². The lowest BCUT2D eigenvalue weighted by molar-refractivity contribution is 0.102. The summed E-state index contributed by atoms with van der Waals surface area (Å²) in [4.78, 5) is 20.9. The van der Waals surface area contributed by atoms with Crippen LogP contribution in [0.25, 0.3) is 0 Å². The Morgan fingerprint density at radius 3 is 2.81 bits per heavy atom. The predicted octanol–water partition coefficient (Wildman–Crippen LogP) is 2.37. The number of carbonyl (C=O) groups excluding carboxylic acids is 1. The van der Waals surface area contributed by atoms with Crippen molar-refractivity contribution in [2.24, 2.45) is 10.7 Å². The number of anilines is 1. The lowest BCUT2D eigenvalue weighted by Gasteiger charge is -2.30. The van der Waals surface area contributed by atoms with Gasteiger partial charge in [-0.15, -0.1) is 12.4 Å². The second-order valence-corrected chi connectivity index (χ2v) is 5.99. The largest absolute Gasteiger partial charge is 0.495 e. The number of methoxy groups -OCH3 is 1. The van der Waals surface area contributed by atoms with Gasteiger partial charge in [-0.3, -0.25) is 9.79 Å². The molecule has 3 rings (SSSR count). The number of pyridine rings is 1. The lowest BCUT2D eigenvalue weighted by atomic mass is 9.92. The fraction of sp³-hybridized carbons (Fsp3) is 0.278. The Morgan fingerprint density at radius 1 is 1.35 bits per heavy atom. The van der Waals surface area contributed by atoms with E-state index in [1.807, 2.05) is 31.2 Å². The van der Waals surface area contributed by atoms with Gasteiger partial charge in [-0.1, -0.05) is 12.1 Å². The maximum Gasteiger partial charge on any atom is 0.274 e. The zero-order valence-corrected chi connectivity index (χ0v) is 15.4. The molecule has 0 bridgehead atoms. The molecule has 1 amide bonds. The van der Waals surface area contributed by atoms with Crippen LogP contribution in [0.1, 0.15) is 23.0 Å². The minimum absolute atomic E-state index is 0. The molecule has 1 aromatic heterocycles. The number of nitrogens with zero attached hydrogens (tertiary/aromatic N) is 2. The molecule has 138 valence electrons. The molecule has 7 nitrogen and oxygen atoms in total. The van der Waals surface area contributed by atoms with E-state index in [1.165, 1.54) is 6.20 Å². The quantitative estimate of drug-likeness (QED) is 0.853. The minimum Gasteiger partial charge on any atom is -0.495 e. The van der Waals surface area contributed by atoms with E-state index in [2.05, 4.69) is 15.3 Å². The second-order valence-electron chi connectivity index (χ2n) is 5.99. The van der Waals surface area contributed by atoms with Crippen molar-refractivity contribution in [3.8, 4) is 5.75 Å². The van der Waals surface area contributed by atoms with Gasteiger partial charge in [-0.25, -0.2) is 4.98 Å². The third kappa shape index (κ3) is 4.30. The number of aliphatic imine (C=N–C) groups is 1. The monoisotopic (exact) mass is 376 g/mol. The molecular weight excluding hydrogens is 356 g/mol. The maximum absolute atomic E-state index is 12.3. The molecule has 26 heavy (non-hydrogen) atoms. The van der Waals surface area contributed by atoms with Gasteiger partial charge in [-0.05, 0) is 36.8 Å². The first-order valence-corrected chi connectivity index (χ1v) is 7.84. The number of nitrogens with one attached hydrogen (secondary N) is 1. The zero-order chi connectivity index (χ0) is 17.9. The number of halogens is 1. The molecule has 0 spiro atoms. The van der Waals surface area contributed by atoms with Crippen LogP contribution < -0.4 is 15.8 Å². The third-order valence-electron chi connectivity index (χ3n) is 3.97. The molecular formula is C18H21ClN4O3. The molecule has 2 aromatic rings. The topological polar surface area (TPSA) is 98.8 Å². The molecule has 1 aromatic carbocycles. The van der Waals surface area contributed by atoms with Crippen molar-refractivity contribution in [2.45, 2.75) is 12.5 Å². The first kappa shape index (κ1) is 19.7. The van der Waals surface area contributed by atoms with Gasteiger partial charge in [-0.2, -0.15) is 0 Å². The van der Waals surface area contributed by atoms with Gasteiger partial charge in [0.15, 0.2) is 0 Å². The van der Waals surface area contributed by atoms with Crippen LogP contribution in [0, 0.1) is 0 Å². The number of benzene rings is 1. The molecule has 1 aliphatic rings. The van der Waals surface area contributed by atoms with E-state index in [0.717, 1.165) is 5.56 Å². The molecule has 0 unspecified atom stereocenters. The van der Waals surface area contributed by atoms with Gasteiger partial charge in [0.05, 0.1) is 19.9 Å². The molecule has 0 aliphatic carbocycles. The Kier molecular flexibility index (Phi) is 6.18. The maximum atomic E-state index is 12.3. The fourth-order valence-corrected chi connectivity index (χ4v) is 2.65. The Morgan fingerprint density at radius 2 is 2.15 bits per heavy atom. The minimum atomic E-state index is -0.568. The Labute approximate surface area is 158 Å². The van der Waals surface area contributed by atoms with Crippen LogP contribution in [-0.2, 0) is 10.3 Å². The average Bonchev–Trinajstić information content (AvgIpc) is 2.62. The summed E-state index contributed by atoms with van der Waals surface area (Å²) in [7, 11) is 1.55. The summed E-state index contributed by atoms with van der Waals surface area (Å²) in [6.45, 7) is 2.73. The Hall–Kier alpha value is -2.64. The van der Waals surface area contributed by atoms with Crippen LogP contribution >= 0.6 is 12.4 Å². The van der Waals surface area contributed by atoms with Crippen LogP contribution in [0.5, 0.6) is 5.75 Å². The summed E-state index contributed by atoms with van der Waals surface area (Å²) >= 11 is 0. The van der Waals surface area contributed by atoms with E-state index < -0.39 is 5.54 Å². The normalized spacial score (nSPS) is 19.1. The van der Waals surface area contributed by atoms with Crippen molar-refractivity contribution in [1.29, 1.82) is 0 Å². The molecule has 8 heteroatoms. The summed E-state index contributed by atoms with van der Waals surface area (Å²) in [6, 6.07) is 10.8. The highest BCUT2D eigenvalue weighted by molar-refractivity contribution is 6.02. The first-order valence-electron chi connectivity index (χ1n) is 7.84. The van der Waals surface area contributed by atoms with Gasteiger partial charge in [0.25, 0.3) is 5.91 Å². The van der Waals surface area contributed by atoms with Crippen molar-refractivity contribution < 1.29 is 14.3 Å². The number of amides is 1. The third-order valence-corrected chi connectivity index (χ3v) is 3.97. The van der Waals surface area contributed by atoms with Crippen LogP contribution in [0.4, 0.5) is 5.69 Å². The number of nitrogens with two attached hydrogens (primary N) is 1. The number of ether oxygens (including phenoxy) is 2. The number of carbonyl (C=O) groups is 1. The van der Waals surface area contributed by atoms with Gasteiger partial charge < -0.3 is 20.5 Å². The van der Waals surface area contributed by atoms with Gasteiger partial charge in [0, 0.05) is 5.69 Å². The molecule has 0 fully saturated rings. The number of hydrogen-bond donors (Lipinski definition) is 2. The van der Waals surface area contributed by atoms with Crippen LogP contribution in [0.2, 0.25) is 0 Å². The van der Waals surface area contributed by atoms with E-state index in [0.29, 0.717) is 36.2 Å². The van der Waals surface area contributed by atoms with Crippen molar-refractivity contribution in [3.63, 3.8) is 0 Å². The van der Waals surface area contributed by atoms with Crippen LogP contribution in [-0.4, -0.2) is 37.1 Å². The van der Waals surface area contributed by atoms with E-state index >= 15 is 0 Å². The number of aromatic nitrogens is 1. The molecule has 1 atom stereocenters. The second kappa shape index (κ2) is 8.16. The van der Waals surface area contributed by atoms with Gasteiger partial charge in [0.2, 0.25) is 0 Å². The number of rotatable bonds is 4. The summed E-state index contributed by atoms with van der Waals surface area (Å²) in [5, 5.41) is 2.84. The van der Waals surface area contributed by atoms with Crippen molar-refractivity contribution >= 4 is 29.8 Å². The molecule has 2 heterocycles. The summed E-state index contributed by atoms with van der Waals surface area (Å²) < 4.78 is 10.5. The standard InChI is InChI=1S/C18H20N4O3.ClH/c1-18(11-25-10-16(19)22-18)12-4-3-5-13(8-12)21-17(23)15-7-6-14(24-2)9-20-15;/h3-9H,10-11H2,1-2H3,(H2,19,22)(H,21,23);1H/t18-;/m0./s1. The smallest absolute Gasteiger partial charge is 0.274 e. The van der Waals surface area contributed by atoms with Crippen LogP contribution in [0.3, 0.4) is 0 Å². The van der Waals surface area contributed by atoms with Gasteiger partial charge in [0.1, 0.15) is 29.4 Å². The highest BCUT2D eigenvalue weighted by Gasteiger charge is 2.30. The van der Waals surface area contributed by atoms with Gasteiger partial charge >= 0.3 is 0 Å². The zero-order valence-electron chi connectivity index (χ0n) is 14.6. The summed E-state index contributed by atoms with van der Waals surface area (Å²) in [6.07, 6.45) is 1.50. The molecule has 0 saturated heterocycles.